The maximum absolute atomic E-state index is 4.98. The summed E-state index contributed by atoms with van der Waals surface area (Å²) in [5.74, 6) is 0.927. The summed E-state index contributed by atoms with van der Waals surface area (Å²) in [7, 11) is 0. The lowest BCUT2D eigenvalue weighted by molar-refractivity contribution is 0.647. The van der Waals surface area contributed by atoms with Crippen molar-refractivity contribution in [1.29, 1.82) is 0 Å². The molecule has 7 nitrogen and oxygen atoms in total. The zero-order chi connectivity index (χ0) is 24.3. The maximum Gasteiger partial charge on any atom is 0.147 e. The molecule has 0 unspecified atom stereocenters. The fraction of sp³-hybridized carbons (Fsp3) is 0.138. The van der Waals surface area contributed by atoms with Crippen molar-refractivity contribution >= 4 is 33.9 Å². The fourth-order valence-corrected chi connectivity index (χ4v) is 4.59. The lowest BCUT2D eigenvalue weighted by Crippen LogP contribution is -2.46. The first-order valence-electron chi connectivity index (χ1n) is 12.1. The summed E-state index contributed by atoms with van der Waals surface area (Å²) in [6.07, 6.45) is 7.47. The zero-order valence-corrected chi connectivity index (χ0v) is 19.9. The summed E-state index contributed by atoms with van der Waals surface area (Å²) in [4.78, 5) is 21.7. The third-order valence-corrected chi connectivity index (χ3v) is 6.60. The first-order valence-corrected chi connectivity index (χ1v) is 12.1. The molecular formula is C29H27N7. The van der Waals surface area contributed by atoms with Gasteiger partial charge in [0.2, 0.25) is 0 Å². The first kappa shape index (κ1) is 21.9. The van der Waals surface area contributed by atoms with E-state index in [1.165, 1.54) is 5.69 Å². The van der Waals surface area contributed by atoms with E-state index in [0.717, 1.165) is 71.2 Å². The second-order valence-corrected chi connectivity index (χ2v) is 8.88. The first-order chi connectivity index (χ1) is 17.7. The van der Waals surface area contributed by atoms with Crippen LogP contribution in [0.1, 0.15) is 5.69 Å². The van der Waals surface area contributed by atoms with Gasteiger partial charge in [-0.15, -0.1) is 0 Å². The van der Waals surface area contributed by atoms with Gasteiger partial charge in [-0.3, -0.25) is 9.97 Å². The van der Waals surface area contributed by atoms with E-state index in [1.807, 2.05) is 43.0 Å². The number of fused-ring (bicyclic) bond motifs is 1. The van der Waals surface area contributed by atoms with Crippen molar-refractivity contribution in [2.75, 3.05) is 41.3 Å². The predicted molar refractivity (Wildman–Crippen MR) is 147 cm³/mol. The number of benzene rings is 2. The van der Waals surface area contributed by atoms with Crippen LogP contribution < -0.4 is 15.1 Å². The molecule has 0 spiro atoms. The number of pyridine rings is 1. The van der Waals surface area contributed by atoms with E-state index < -0.39 is 0 Å². The van der Waals surface area contributed by atoms with Crippen molar-refractivity contribution in [3.63, 3.8) is 0 Å². The molecule has 1 fully saturated rings. The minimum Gasteiger partial charge on any atom is -0.368 e. The third-order valence-electron chi connectivity index (χ3n) is 6.60. The Hall–Kier alpha value is -4.65. The number of rotatable bonds is 6. The summed E-state index contributed by atoms with van der Waals surface area (Å²) in [6.45, 7) is 7.81. The van der Waals surface area contributed by atoms with Gasteiger partial charge in [0.05, 0.1) is 28.6 Å². The van der Waals surface area contributed by atoms with Crippen LogP contribution in [0.4, 0.5) is 17.2 Å². The SMILES string of the molecule is C=C(Nc1ccc(-c2ccc3ncc(N4CCN(c5ccncc5)CC4)nc3c2)cc1)c1ccc[nH]1. The van der Waals surface area contributed by atoms with Crippen LogP contribution in [0.3, 0.4) is 0 Å². The van der Waals surface area contributed by atoms with Crippen LogP contribution >= 0.6 is 0 Å². The van der Waals surface area contributed by atoms with Crippen LogP contribution in [-0.4, -0.2) is 46.1 Å². The molecular weight excluding hydrogens is 446 g/mol. The summed E-state index contributed by atoms with van der Waals surface area (Å²) < 4.78 is 0. The number of hydrogen-bond donors (Lipinski definition) is 2. The van der Waals surface area contributed by atoms with Gasteiger partial charge >= 0.3 is 0 Å². The van der Waals surface area contributed by atoms with Gasteiger partial charge in [-0.25, -0.2) is 4.98 Å². The molecule has 0 saturated carbocycles. The second kappa shape index (κ2) is 9.54. The van der Waals surface area contributed by atoms with E-state index in [2.05, 4.69) is 80.2 Å². The molecule has 6 rings (SSSR count). The van der Waals surface area contributed by atoms with Gasteiger partial charge in [0, 0.05) is 56.1 Å². The molecule has 7 heteroatoms. The monoisotopic (exact) mass is 473 g/mol. The molecule has 4 heterocycles. The molecule has 36 heavy (non-hydrogen) atoms. The Balaban J connectivity index is 1.17. The topological polar surface area (TPSA) is 73.0 Å². The lowest BCUT2D eigenvalue weighted by Gasteiger charge is -2.36. The van der Waals surface area contributed by atoms with Gasteiger partial charge < -0.3 is 20.1 Å². The average Bonchev–Trinajstić information content (AvgIpc) is 3.49. The van der Waals surface area contributed by atoms with E-state index in [1.54, 1.807) is 0 Å². The molecule has 5 aromatic rings. The van der Waals surface area contributed by atoms with Crippen molar-refractivity contribution in [2.24, 2.45) is 0 Å². The number of nitrogens with one attached hydrogen (secondary N) is 2. The highest BCUT2D eigenvalue weighted by molar-refractivity contribution is 5.83. The average molecular weight is 474 g/mol. The van der Waals surface area contributed by atoms with Gasteiger partial charge in [0.15, 0.2) is 0 Å². The second-order valence-electron chi connectivity index (χ2n) is 8.88. The van der Waals surface area contributed by atoms with E-state index in [4.69, 9.17) is 9.97 Å². The highest BCUT2D eigenvalue weighted by atomic mass is 15.3. The van der Waals surface area contributed by atoms with Crippen LogP contribution in [0.15, 0.2) is 98.1 Å². The van der Waals surface area contributed by atoms with Crippen molar-refractivity contribution in [3.8, 4) is 11.1 Å². The Kier molecular flexibility index (Phi) is 5.79. The number of aromatic amines is 1. The molecule has 2 N–H and O–H groups in total. The molecule has 1 aliphatic heterocycles. The quantitative estimate of drug-likeness (QED) is 0.343. The minimum absolute atomic E-state index is 0.836. The van der Waals surface area contributed by atoms with Gasteiger partial charge in [0.25, 0.3) is 0 Å². The van der Waals surface area contributed by atoms with Gasteiger partial charge in [-0.05, 0) is 59.7 Å². The number of hydrogen-bond acceptors (Lipinski definition) is 6. The Labute approximate surface area is 210 Å². The Bertz CT molecular complexity index is 1470. The van der Waals surface area contributed by atoms with Crippen LogP contribution in [0, 0.1) is 0 Å². The van der Waals surface area contributed by atoms with Crippen molar-refractivity contribution in [2.45, 2.75) is 0 Å². The number of nitrogens with zero attached hydrogens (tertiary/aromatic N) is 5. The van der Waals surface area contributed by atoms with Crippen molar-refractivity contribution < 1.29 is 0 Å². The Morgan fingerprint density at radius 3 is 2.33 bits per heavy atom. The summed E-state index contributed by atoms with van der Waals surface area (Å²) >= 11 is 0. The van der Waals surface area contributed by atoms with Crippen LogP contribution in [0.2, 0.25) is 0 Å². The molecule has 2 aromatic carbocycles. The van der Waals surface area contributed by atoms with Gasteiger partial charge in [-0.1, -0.05) is 24.8 Å². The number of aromatic nitrogens is 4. The third kappa shape index (κ3) is 4.51. The van der Waals surface area contributed by atoms with E-state index in [9.17, 15) is 0 Å². The lowest BCUT2D eigenvalue weighted by atomic mass is 10.0. The molecule has 0 amide bonds. The molecule has 1 saturated heterocycles. The van der Waals surface area contributed by atoms with Crippen LogP contribution in [-0.2, 0) is 0 Å². The van der Waals surface area contributed by atoms with E-state index >= 15 is 0 Å². The molecule has 0 bridgehead atoms. The normalized spacial score (nSPS) is 13.7. The number of H-pyrrole nitrogens is 1. The summed E-state index contributed by atoms with van der Waals surface area (Å²) in [6, 6.07) is 22.7. The van der Waals surface area contributed by atoms with Crippen molar-refractivity contribution in [1.82, 2.24) is 19.9 Å². The summed E-state index contributed by atoms with van der Waals surface area (Å²) in [5, 5.41) is 3.35. The highest BCUT2D eigenvalue weighted by Gasteiger charge is 2.19. The number of piperazine rings is 1. The Morgan fingerprint density at radius 1 is 0.833 bits per heavy atom. The highest BCUT2D eigenvalue weighted by Crippen LogP contribution is 2.27. The van der Waals surface area contributed by atoms with Gasteiger partial charge in [0.1, 0.15) is 5.82 Å². The largest absolute Gasteiger partial charge is 0.368 e. The fourth-order valence-electron chi connectivity index (χ4n) is 4.59. The molecule has 0 radical (unpaired) electrons. The smallest absolute Gasteiger partial charge is 0.147 e. The van der Waals surface area contributed by atoms with E-state index in [-0.39, 0.29) is 0 Å². The van der Waals surface area contributed by atoms with Gasteiger partial charge in [-0.2, -0.15) is 0 Å². The molecule has 0 aliphatic carbocycles. The zero-order valence-electron chi connectivity index (χ0n) is 19.9. The Morgan fingerprint density at radius 2 is 1.58 bits per heavy atom. The molecule has 1 aliphatic rings. The molecule has 3 aromatic heterocycles. The predicted octanol–water partition coefficient (Wildman–Crippen LogP) is 5.43. The standard InChI is InChI=1S/C29H27N7/c1-21(26-3-2-12-31-26)33-24-7-4-22(5-8-24)23-6-9-27-28(19-23)34-29(20-32-27)36-17-15-35(16-18-36)25-10-13-30-14-11-25/h2-14,19-20,31,33H,1,15-18H2. The molecule has 0 atom stereocenters. The van der Waals surface area contributed by atoms with Crippen LogP contribution in [0.25, 0.3) is 27.9 Å². The summed E-state index contributed by atoms with van der Waals surface area (Å²) in [5.41, 5.74) is 8.07. The molecule has 178 valence electrons. The van der Waals surface area contributed by atoms with Crippen molar-refractivity contribution in [3.05, 3.63) is 104 Å². The minimum atomic E-state index is 0.836. The van der Waals surface area contributed by atoms with Crippen LogP contribution in [0.5, 0.6) is 0 Å². The van der Waals surface area contributed by atoms with E-state index in [0.29, 0.717) is 0 Å². The maximum atomic E-state index is 4.98. The number of anilines is 3.